The summed E-state index contributed by atoms with van der Waals surface area (Å²) >= 11 is 1.65. The van der Waals surface area contributed by atoms with Crippen molar-refractivity contribution >= 4 is 17.3 Å². The van der Waals surface area contributed by atoms with E-state index in [-0.39, 0.29) is 0 Å². The van der Waals surface area contributed by atoms with E-state index in [1.165, 1.54) is 0 Å². The molecule has 1 N–H and O–H groups in total. The van der Waals surface area contributed by atoms with E-state index in [2.05, 4.69) is 0 Å². The molecule has 0 radical (unpaired) electrons. The van der Waals surface area contributed by atoms with Crippen LogP contribution in [0.4, 0.5) is 0 Å². The summed E-state index contributed by atoms with van der Waals surface area (Å²) in [5, 5.41) is 11.1. The molecule has 1 aliphatic rings. The first-order valence-corrected chi connectivity index (χ1v) is 6.14. The minimum Gasteiger partial charge on any atom is -0.477 e. The molecule has 3 rings (SSSR count). The quantitative estimate of drug-likeness (QED) is 0.884. The summed E-state index contributed by atoms with van der Waals surface area (Å²) in [6.07, 6.45) is 2.18. The molecule has 1 saturated carbocycles. The number of hydrogen-bond acceptors (Lipinski definition) is 2. The summed E-state index contributed by atoms with van der Waals surface area (Å²) < 4.78 is 1.97. The maximum absolute atomic E-state index is 11.1. The lowest BCUT2D eigenvalue weighted by Crippen LogP contribution is -2.07. The zero-order valence-electron chi connectivity index (χ0n) is 8.59. The van der Waals surface area contributed by atoms with Gasteiger partial charge in [0.15, 0.2) is 0 Å². The van der Waals surface area contributed by atoms with E-state index >= 15 is 0 Å². The predicted octanol–water partition coefficient (Wildman–Crippen LogP) is 3.25. The summed E-state index contributed by atoms with van der Waals surface area (Å²) in [7, 11) is 0. The first-order valence-electron chi connectivity index (χ1n) is 5.26. The van der Waals surface area contributed by atoms with Crippen molar-refractivity contribution in [3.05, 3.63) is 35.3 Å². The zero-order valence-corrected chi connectivity index (χ0v) is 9.41. The molecule has 0 aliphatic heterocycles. The lowest BCUT2D eigenvalue weighted by molar-refractivity contribution is 0.0685. The highest BCUT2D eigenvalue weighted by molar-refractivity contribution is 7.13. The van der Waals surface area contributed by atoms with Crippen molar-refractivity contribution in [1.29, 1.82) is 0 Å². The number of aromatic carboxylic acids is 1. The standard InChI is InChI=1S/C12H11NO2S/c14-12(15)10-6-5-9(11-2-1-7-16-11)13(10)8-3-4-8/h1-2,5-8H,3-4H2,(H,14,15). The Morgan fingerprint density at radius 2 is 2.19 bits per heavy atom. The largest absolute Gasteiger partial charge is 0.477 e. The van der Waals surface area contributed by atoms with Crippen LogP contribution in [0.5, 0.6) is 0 Å². The third-order valence-corrected chi connectivity index (χ3v) is 3.72. The second-order valence-corrected chi connectivity index (χ2v) is 4.94. The van der Waals surface area contributed by atoms with Crippen LogP contribution >= 0.6 is 11.3 Å². The molecular formula is C12H11NO2S. The van der Waals surface area contributed by atoms with E-state index in [0.29, 0.717) is 11.7 Å². The molecule has 0 bridgehead atoms. The number of carboxylic acids is 1. The molecule has 0 spiro atoms. The monoisotopic (exact) mass is 233 g/mol. The van der Waals surface area contributed by atoms with Gasteiger partial charge in [-0.05, 0) is 36.4 Å². The van der Waals surface area contributed by atoms with Gasteiger partial charge in [0.1, 0.15) is 5.69 Å². The SMILES string of the molecule is O=C(O)c1ccc(-c2cccs2)n1C1CC1. The Kier molecular flexibility index (Phi) is 2.11. The Labute approximate surface area is 97.0 Å². The molecule has 0 unspecified atom stereocenters. The van der Waals surface area contributed by atoms with Gasteiger partial charge in [0.05, 0.1) is 10.6 Å². The number of rotatable bonds is 3. The van der Waals surface area contributed by atoms with Gasteiger partial charge in [-0.2, -0.15) is 0 Å². The number of carboxylic acid groups (broad SMARTS) is 1. The van der Waals surface area contributed by atoms with E-state index in [9.17, 15) is 4.79 Å². The summed E-state index contributed by atoms with van der Waals surface area (Å²) in [5.74, 6) is -0.838. The molecule has 0 atom stereocenters. The normalized spacial score (nSPS) is 15.2. The number of thiophene rings is 1. The average molecular weight is 233 g/mol. The van der Waals surface area contributed by atoms with Gasteiger partial charge < -0.3 is 9.67 Å². The van der Waals surface area contributed by atoms with E-state index in [0.717, 1.165) is 23.4 Å². The van der Waals surface area contributed by atoms with Gasteiger partial charge in [-0.3, -0.25) is 0 Å². The predicted molar refractivity (Wildman–Crippen MR) is 63.0 cm³/mol. The molecule has 2 heterocycles. The third-order valence-electron chi connectivity index (χ3n) is 2.82. The van der Waals surface area contributed by atoms with Gasteiger partial charge >= 0.3 is 5.97 Å². The van der Waals surface area contributed by atoms with Crippen molar-refractivity contribution in [2.24, 2.45) is 0 Å². The van der Waals surface area contributed by atoms with E-state index in [1.807, 2.05) is 28.1 Å². The van der Waals surface area contributed by atoms with Crippen molar-refractivity contribution < 1.29 is 9.90 Å². The molecule has 0 saturated heterocycles. The maximum atomic E-state index is 11.1. The summed E-state index contributed by atoms with van der Waals surface area (Å²) in [6, 6.07) is 8.02. The fourth-order valence-corrected chi connectivity index (χ4v) is 2.72. The summed E-state index contributed by atoms with van der Waals surface area (Å²) in [4.78, 5) is 12.3. The van der Waals surface area contributed by atoms with Crippen molar-refractivity contribution in [3.63, 3.8) is 0 Å². The topological polar surface area (TPSA) is 42.2 Å². The molecule has 0 aromatic carbocycles. The number of aromatic nitrogens is 1. The molecule has 82 valence electrons. The van der Waals surface area contributed by atoms with Crippen LogP contribution < -0.4 is 0 Å². The van der Waals surface area contributed by atoms with Gasteiger partial charge in [-0.25, -0.2) is 4.79 Å². The lowest BCUT2D eigenvalue weighted by atomic mass is 10.3. The molecule has 2 aromatic rings. The Bertz CT molecular complexity index is 523. The Morgan fingerprint density at radius 1 is 1.38 bits per heavy atom. The zero-order chi connectivity index (χ0) is 11.1. The van der Waals surface area contributed by atoms with Crippen LogP contribution in [0.1, 0.15) is 29.4 Å². The smallest absolute Gasteiger partial charge is 0.352 e. The molecule has 2 aromatic heterocycles. The summed E-state index contributed by atoms with van der Waals surface area (Å²) in [5.41, 5.74) is 1.45. The first-order chi connectivity index (χ1) is 7.77. The van der Waals surface area contributed by atoms with Crippen molar-refractivity contribution in [2.45, 2.75) is 18.9 Å². The van der Waals surface area contributed by atoms with Crippen LogP contribution in [0.25, 0.3) is 10.6 Å². The average Bonchev–Trinajstić information content (AvgIpc) is 2.82. The van der Waals surface area contributed by atoms with E-state index < -0.39 is 5.97 Å². The van der Waals surface area contributed by atoms with Gasteiger partial charge in [0.2, 0.25) is 0 Å². The third kappa shape index (κ3) is 1.46. The van der Waals surface area contributed by atoms with Crippen LogP contribution in [0.15, 0.2) is 29.6 Å². The Hall–Kier alpha value is -1.55. The molecule has 3 nitrogen and oxygen atoms in total. The Balaban J connectivity index is 2.15. The number of nitrogens with zero attached hydrogens (tertiary/aromatic N) is 1. The second kappa shape index (κ2) is 3.49. The van der Waals surface area contributed by atoms with Crippen molar-refractivity contribution in [1.82, 2.24) is 4.57 Å². The minimum atomic E-state index is -0.838. The molecule has 0 amide bonds. The lowest BCUT2D eigenvalue weighted by Gasteiger charge is -2.08. The fraction of sp³-hybridized carbons (Fsp3) is 0.250. The van der Waals surface area contributed by atoms with Gasteiger partial charge in [0.25, 0.3) is 0 Å². The molecule has 16 heavy (non-hydrogen) atoms. The van der Waals surface area contributed by atoms with Crippen LogP contribution in [-0.2, 0) is 0 Å². The fourth-order valence-electron chi connectivity index (χ4n) is 1.97. The van der Waals surface area contributed by atoms with Gasteiger partial charge in [0, 0.05) is 6.04 Å². The highest BCUT2D eigenvalue weighted by Crippen LogP contribution is 2.41. The van der Waals surface area contributed by atoms with Crippen LogP contribution in [0.3, 0.4) is 0 Å². The van der Waals surface area contributed by atoms with Gasteiger partial charge in [-0.1, -0.05) is 6.07 Å². The van der Waals surface area contributed by atoms with Crippen LogP contribution in [0.2, 0.25) is 0 Å². The molecule has 1 fully saturated rings. The van der Waals surface area contributed by atoms with Gasteiger partial charge in [-0.15, -0.1) is 11.3 Å². The molecular weight excluding hydrogens is 222 g/mol. The Morgan fingerprint density at radius 3 is 2.75 bits per heavy atom. The first kappa shape index (κ1) is 9.66. The molecule has 4 heteroatoms. The highest BCUT2D eigenvalue weighted by Gasteiger charge is 2.29. The van der Waals surface area contributed by atoms with Crippen molar-refractivity contribution in [2.75, 3.05) is 0 Å². The number of carbonyl (C=O) groups is 1. The maximum Gasteiger partial charge on any atom is 0.352 e. The van der Waals surface area contributed by atoms with Crippen LogP contribution in [0, 0.1) is 0 Å². The second-order valence-electron chi connectivity index (χ2n) is 3.99. The minimum absolute atomic E-state index is 0.387. The van der Waals surface area contributed by atoms with E-state index in [4.69, 9.17) is 5.11 Å². The molecule has 1 aliphatic carbocycles. The van der Waals surface area contributed by atoms with E-state index in [1.54, 1.807) is 17.4 Å². The summed E-state index contributed by atoms with van der Waals surface area (Å²) in [6.45, 7) is 0. The van der Waals surface area contributed by atoms with Crippen molar-refractivity contribution in [3.8, 4) is 10.6 Å². The highest BCUT2D eigenvalue weighted by atomic mass is 32.1. The number of hydrogen-bond donors (Lipinski definition) is 1. The van der Waals surface area contributed by atoms with Crippen LogP contribution in [-0.4, -0.2) is 15.6 Å².